The van der Waals surface area contributed by atoms with Gasteiger partial charge in [0.2, 0.25) is 5.91 Å². The Morgan fingerprint density at radius 3 is 2.78 bits per heavy atom. The summed E-state index contributed by atoms with van der Waals surface area (Å²) in [4.78, 5) is 45.9. The Morgan fingerprint density at radius 1 is 1.16 bits per heavy atom. The number of carbonyl (C=O) groups excluding carboxylic acids is 3. The molecule has 0 saturated carbocycles. The van der Waals surface area contributed by atoms with Crippen LogP contribution in [-0.2, 0) is 19.1 Å². The highest BCUT2D eigenvalue weighted by molar-refractivity contribution is 6.30. The van der Waals surface area contributed by atoms with E-state index in [0.29, 0.717) is 70.4 Å². The summed E-state index contributed by atoms with van der Waals surface area (Å²) in [6.45, 7) is 2.00. The molecule has 2 atom stereocenters. The number of aromatic nitrogens is 6. The van der Waals surface area contributed by atoms with Crippen molar-refractivity contribution in [2.75, 3.05) is 24.4 Å². The Kier molecular flexibility index (Phi) is 10.0. The molecule has 14 nitrogen and oxygen atoms in total. The van der Waals surface area contributed by atoms with E-state index in [2.05, 4.69) is 41.4 Å². The van der Waals surface area contributed by atoms with Crippen LogP contribution in [0.5, 0.6) is 0 Å². The molecule has 0 radical (unpaired) electrons. The van der Waals surface area contributed by atoms with E-state index in [0.717, 1.165) is 0 Å². The second-order valence-electron chi connectivity index (χ2n) is 10.1. The molecule has 1 aliphatic heterocycles. The largest absolute Gasteiger partial charge is 0.464 e. The smallest absolute Gasteiger partial charge is 0.411 e. The van der Waals surface area contributed by atoms with Crippen molar-refractivity contribution in [2.24, 2.45) is 0 Å². The number of rotatable bonds is 7. The molecule has 0 spiro atoms. The summed E-state index contributed by atoms with van der Waals surface area (Å²) in [5.74, 6) is -0.138. The normalized spacial score (nSPS) is 16.4. The minimum atomic E-state index is -0.637. The first-order chi connectivity index (χ1) is 21.8. The summed E-state index contributed by atoms with van der Waals surface area (Å²) in [6, 6.07) is 9.34. The number of nitrogens with one attached hydrogen (secondary N) is 4. The van der Waals surface area contributed by atoms with Gasteiger partial charge in [0, 0.05) is 33.6 Å². The highest BCUT2D eigenvalue weighted by Gasteiger charge is 2.25. The molecule has 2 bridgehead atoms. The van der Waals surface area contributed by atoms with Crippen LogP contribution in [0.1, 0.15) is 50.0 Å². The molecule has 15 heteroatoms. The number of imidazole rings is 1. The Morgan fingerprint density at radius 2 is 2.00 bits per heavy atom. The summed E-state index contributed by atoms with van der Waals surface area (Å²) in [6.07, 6.45) is 7.99. The number of aromatic amines is 1. The van der Waals surface area contributed by atoms with E-state index >= 15 is 0 Å². The zero-order chi connectivity index (χ0) is 31.8. The number of nitrogens with zero attached hydrogens (tertiary/aromatic N) is 5. The molecular formula is C30H32ClN9O5. The lowest BCUT2D eigenvalue weighted by atomic mass is 10.0. The van der Waals surface area contributed by atoms with Crippen molar-refractivity contribution in [3.63, 3.8) is 0 Å². The van der Waals surface area contributed by atoms with Crippen LogP contribution in [0.25, 0.3) is 23.0 Å². The van der Waals surface area contributed by atoms with Crippen LogP contribution in [-0.4, -0.2) is 67.9 Å². The number of esters is 1. The van der Waals surface area contributed by atoms with Crippen molar-refractivity contribution in [1.29, 1.82) is 0 Å². The minimum absolute atomic E-state index is 0.242. The standard InChI is InChI=1S/C30H32ClN9O5/c1-3-45-29(42)23-7-5-4-6-22(36-27(41)13-8-18-14-19(31)9-12-26(18)40-17-33-38-39-40)28-32-16-25(37-28)21-11-10-20(15-24(21)35-23)34-30(43)44-2/h8-17,22-23,35H,3-7H2,1-2H3,(H,32,37)(H,34,43)(H,36,41)/t22-,23?/m0/s1. The Labute approximate surface area is 263 Å². The lowest BCUT2D eigenvalue weighted by Crippen LogP contribution is -2.32. The average molecular weight is 634 g/mol. The maximum atomic E-state index is 13.2. The van der Waals surface area contributed by atoms with E-state index in [-0.39, 0.29) is 18.5 Å². The Balaban J connectivity index is 1.41. The van der Waals surface area contributed by atoms with E-state index in [1.54, 1.807) is 55.6 Å². The molecule has 0 fully saturated rings. The van der Waals surface area contributed by atoms with Gasteiger partial charge in [0.25, 0.3) is 0 Å². The molecule has 4 aromatic rings. The fourth-order valence-electron chi connectivity index (χ4n) is 4.97. The van der Waals surface area contributed by atoms with E-state index in [1.165, 1.54) is 24.2 Å². The molecule has 45 heavy (non-hydrogen) atoms. The molecule has 5 rings (SSSR count). The molecule has 2 aromatic carbocycles. The van der Waals surface area contributed by atoms with Crippen LogP contribution in [0.2, 0.25) is 5.02 Å². The number of hydrogen-bond donors (Lipinski definition) is 4. The third kappa shape index (κ3) is 7.84. The average Bonchev–Trinajstić information content (AvgIpc) is 3.74. The number of hydrogen-bond acceptors (Lipinski definition) is 10. The third-order valence-electron chi connectivity index (χ3n) is 7.12. The molecule has 0 aliphatic carbocycles. The SMILES string of the molecule is CCOC(=O)C1CCCC[C@H](NC(=O)C=Cc2cc(Cl)ccc2-n2cnnn2)c2ncc([nH]2)-c2ccc(NC(=O)OC)cc2N1. The van der Waals surface area contributed by atoms with Gasteiger partial charge in [-0.3, -0.25) is 10.1 Å². The maximum absolute atomic E-state index is 13.2. The molecule has 234 valence electrons. The lowest BCUT2D eigenvalue weighted by molar-refractivity contribution is -0.144. The van der Waals surface area contributed by atoms with Gasteiger partial charge in [-0.15, -0.1) is 5.10 Å². The van der Waals surface area contributed by atoms with Crippen molar-refractivity contribution in [2.45, 2.75) is 44.7 Å². The third-order valence-corrected chi connectivity index (χ3v) is 7.35. The van der Waals surface area contributed by atoms with E-state index < -0.39 is 18.2 Å². The number of carbonyl (C=O) groups is 3. The van der Waals surface area contributed by atoms with Gasteiger partial charge in [0.15, 0.2) is 0 Å². The predicted octanol–water partition coefficient (Wildman–Crippen LogP) is 4.67. The number of methoxy groups -OCH3 is 1. The van der Waals surface area contributed by atoms with Gasteiger partial charge in [-0.05, 0) is 72.7 Å². The first-order valence-electron chi connectivity index (χ1n) is 14.3. The maximum Gasteiger partial charge on any atom is 0.411 e. The van der Waals surface area contributed by atoms with Crippen LogP contribution in [0, 0.1) is 0 Å². The summed E-state index contributed by atoms with van der Waals surface area (Å²) >= 11 is 6.22. The first kappa shape index (κ1) is 31.2. The van der Waals surface area contributed by atoms with Gasteiger partial charge in [0.05, 0.1) is 37.3 Å². The van der Waals surface area contributed by atoms with Crippen LogP contribution < -0.4 is 16.0 Å². The predicted molar refractivity (Wildman–Crippen MR) is 167 cm³/mol. The van der Waals surface area contributed by atoms with E-state index in [1.807, 2.05) is 0 Å². The van der Waals surface area contributed by atoms with Crippen LogP contribution in [0.4, 0.5) is 16.2 Å². The zero-order valence-electron chi connectivity index (χ0n) is 24.6. The van der Waals surface area contributed by atoms with Gasteiger partial charge in [0.1, 0.15) is 18.2 Å². The number of tetrazole rings is 1. The van der Waals surface area contributed by atoms with Crippen molar-refractivity contribution >= 4 is 47.0 Å². The Hall–Kier alpha value is -5.24. The number of benzene rings is 2. The van der Waals surface area contributed by atoms with Gasteiger partial charge < -0.3 is 25.1 Å². The molecule has 0 saturated heterocycles. The molecule has 1 aliphatic rings. The van der Waals surface area contributed by atoms with Crippen LogP contribution in [0.15, 0.2) is 55.0 Å². The number of H-pyrrole nitrogens is 1. The van der Waals surface area contributed by atoms with Crippen molar-refractivity contribution in [3.05, 3.63) is 71.4 Å². The van der Waals surface area contributed by atoms with E-state index in [9.17, 15) is 14.4 Å². The van der Waals surface area contributed by atoms with Crippen molar-refractivity contribution in [3.8, 4) is 16.9 Å². The number of halogens is 1. The number of anilines is 2. The summed E-state index contributed by atoms with van der Waals surface area (Å²) < 4.78 is 11.5. The fourth-order valence-corrected chi connectivity index (χ4v) is 5.15. The van der Waals surface area contributed by atoms with Crippen LogP contribution in [0.3, 0.4) is 0 Å². The van der Waals surface area contributed by atoms with Gasteiger partial charge in [-0.25, -0.2) is 14.6 Å². The van der Waals surface area contributed by atoms with Gasteiger partial charge in [-0.1, -0.05) is 24.4 Å². The highest BCUT2D eigenvalue weighted by atomic mass is 35.5. The monoisotopic (exact) mass is 633 g/mol. The number of amides is 2. The van der Waals surface area contributed by atoms with Gasteiger partial charge >= 0.3 is 12.1 Å². The summed E-state index contributed by atoms with van der Waals surface area (Å²) in [5.41, 5.74) is 3.73. The molecular weight excluding hydrogens is 602 g/mol. The molecule has 1 unspecified atom stereocenters. The molecule has 2 aromatic heterocycles. The van der Waals surface area contributed by atoms with Gasteiger partial charge in [-0.2, -0.15) is 4.68 Å². The van der Waals surface area contributed by atoms with Crippen LogP contribution >= 0.6 is 11.6 Å². The van der Waals surface area contributed by atoms with Crippen molar-refractivity contribution in [1.82, 2.24) is 35.5 Å². The second-order valence-corrected chi connectivity index (χ2v) is 10.6. The summed E-state index contributed by atoms with van der Waals surface area (Å²) in [5, 5.41) is 20.8. The highest BCUT2D eigenvalue weighted by Crippen LogP contribution is 2.33. The fraction of sp³-hybridized carbons (Fsp3) is 0.300. The zero-order valence-corrected chi connectivity index (χ0v) is 25.4. The first-order valence-corrected chi connectivity index (χ1v) is 14.7. The van der Waals surface area contributed by atoms with E-state index in [4.69, 9.17) is 21.1 Å². The molecule has 4 N–H and O–H groups in total. The molecule has 2 amide bonds. The summed E-state index contributed by atoms with van der Waals surface area (Å²) in [7, 11) is 1.28. The topological polar surface area (TPSA) is 178 Å². The minimum Gasteiger partial charge on any atom is -0.464 e. The lowest BCUT2D eigenvalue weighted by Gasteiger charge is -2.22. The molecule has 3 heterocycles. The quantitative estimate of drug-likeness (QED) is 0.165. The second kappa shape index (κ2) is 14.5. The number of fused-ring (bicyclic) bond motifs is 4. The number of ether oxygens (including phenoxy) is 2. The van der Waals surface area contributed by atoms with Crippen molar-refractivity contribution < 1.29 is 23.9 Å². The Bertz CT molecular complexity index is 1690.